The number of ether oxygens (including phenoxy) is 1. The molecule has 15 heteroatoms. The maximum atomic E-state index is 14.3. The van der Waals surface area contributed by atoms with Crippen LogP contribution in [-0.4, -0.2) is 87.8 Å². The average molecular weight is 703 g/mol. The van der Waals surface area contributed by atoms with Gasteiger partial charge in [0.25, 0.3) is 11.8 Å². The van der Waals surface area contributed by atoms with Crippen LogP contribution in [-0.2, 0) is 27.0 Å². The Morgan fingerprint density at radius 2 is 1.82 bits per heavy atom. The largest absolute Gasteiger partial charge is 0.433 e. The number of likely N-dealkylation sites (N-methyl/N-ethyl adjacent to an activating group) is 1. The van der Waals surface area contributed by atoms with Crippen LogP contribution in [0.2, 0.25) is 0 Å². The second-order valence-corrected chi connectivity index (χ2v) is 12.1. The summed E-state index contributed by atoms with van der Waals surface area (Å²) < 4.78 is 47.4. The number of carbonyl (C=O) groups excluding carboxylic acids is 3. The predicted octanol–water partition coefficient (Wildman–Crippen LogP) is 3.87. The first-order chi connectivity index (χ1) is 24.6. The van der Waals surface area contributed by atoms with Gasteiger partial charge in [0.05, 0.1) is 25.1 Å². The number of hydrogen-bond acceptors (Lipinski definition) is 8. The summed E-state index contributed by atoms with van der Waals surface area (Å²) in [6.07, 6.45) is -0.529. The van der Waals surface area contributed by atoms with Crippen LogP contribution in [0.25, 0.3) is 5.69 Å². The Kier molecular flexibility index (Phi) is 10.6. The topological polar surface area (TPSA) is 135 Å². The smallest absolute Gasteiger partial charge is 0.379 e. The molecule has 2 aliphatic heterocycles. The molecule has 51 heavy (non-hydrogen) atoms. The minimum absolute atomic E-state index is 0.181. The highest BCUT2D eigenvalue weighted by Gasteiger charge is 2.45. The van der Waals surface area contributed by atoms with Gasteiger partial charge in [-0.05, 0) is 43.2 Å². The van der Waals surface area contributed by atoms with Gasteiger partial charge in [-0.15, -0.1) is 0 Å². The number of alkyl halides is 3. The highest BCUT2D eigenvalue weighted by Crippen LogP contribution is 2.41. The third-order valence-corrected chi connectivity index (χ3v) is 8.88. The first-order valence-corrected chi connectivity index (χ1v) is 16.6. The number of aromatic nitrogens is 4. The number of halogens is 3. The van der Waals surface area contributed by atoms with E-state index in [1.54, 1.807) is 36.0 Å². The molecule has 4 aromatic rings. The minimum atomic E-state index is -4.80. The van der Waals surface area contributed by atoms with E-state index in [1.807, 2.05) is 49.4 Å². The van der Waals surface area contributed by atoms with Crippen LogP contribution in [0.3, 0.4) is 0 Å². The molecule has 0 unspecified atom stereocenters. The molecular formula is C36H37F3N8O4. The zero-order valence-electron chi connectivity index (χ0n) is 28.1. The van der Waals surface area contributed by atoms with Gasteiger partial charge in [0.1, 0.15) is 17.6 Å². The van der Waals surface area contributed by atoms with Crippen LogP contribution in [0.4, 0.5) is 19.0 Å². The number of morpholine rings is 1. The second-order valence-electron chi connectivity index (χ2n) is 12.1. The van der Waals surface area contributed by atoms with Crippen molar-refractivity contribution in [3.63, 3.8) is 0 Å². The van der Waals surface area contributed by atoms with Gasteiger partial charge in [0.15, 0.2) is 0 Å². The number of anilines is 1. The van der Waals surface area contributed by atoms with Gasteiger partial charge in [-0.1, -0.05) is 48.5 Å². The Morgan fingerprint density at radius 1 is 1.06 bits per heavy atom. The van der Waals surface area contributed by atoms with E-state index in [4.69, 9.17) is 4.74 Å². The van der Waals surface area contributed by atoms with Crippen molar-refractivity contribution in [1.29, 1.82) is 0 Å². The number of nitrogens with one attached hydrogen (secondary N) is 2. The van der Waals surface area contributed by atoms with E-state index in [1.165, 1.54) is 4.90 Å². The maximum absolute atomic E-state index is 14.3. The number of rotatable bonds is 10. The molecule has 266 valence electrons. The Morgan fingerprint density at radius 3 is 2.53 bits per heavy atom. The van der Waals surface area contributed by atoms with E-state index in [0.29, 0.717) is 54.0 Å². The van der Waals surface area contributed by atoms with Crippen LogP contribution < -0.4 is 15.5 Å². The predicted molar refractivity (Wildman–Crippen MR) is 181 cm³/mol. The van der Waals surface area contributed by atoms with Gasteiger partial charge in [0, 0.05) is 56.0 Å². The molecule has 2 aliphatic rings. The highest BCUT2D eigenvalue weighted by atomic mass is 19.4. The van der Waals surface area contributed by atoms with Crippen molar-refractivity contribution >= 4 is 23.5 Å². The van der Waals surface area contributed by atoms with Crippen molar-refractivity contribution in [3.05, 3.63) is 113 Å². The lowest BCUT2D eigenvalue weighted by Gasteiger charge is -2.38. The Bertz CT molecular complexity index is 1920. The summed E-state index contributed by atoms with van der Waals surface area (Å²) in [5.74, 6) is -2.78. The second kappa shape index (κ2) is 15.2. The first-order valence-electron chi connectivity index (χ1n) is 16.6. The van der Waals surface area contributed by atoms with Gasteiger partial charge in [0.2, 0.25) is 11.7 Å². The normalized spacial score (nSPS) is 18.3. The van der Waals surface area contributed by atoms with Gasteiger partial charge in [-0.2, -0.15) is 18.3 Å². The monoisotopic (exact) mass is 702 g/mol. The number of benzene rings is 2. The molecule has 0 saturated carbocycles. The number of allylic oxidation sites excluding steroid dienone is 1. The molecular weight excluding hydrogens is 665 g/mol. The molecule has 1 saturated heterocycles. The van der Waals surface area contributed by atoms with E-state index in [2.05, 4.69) is 30.6 Å². The van der Waals surface area contributed by atoms with E-state index in [0.717, 1.165) is 24.8 Å². The van der Waals surface area contributed by atoms with E-state index in [9.17, 15) is 27.6 Å². The van der Waals surface area contributed by atoms with Crippen molar-refractivity contribution in [2.24, 2.45) is 0 Å². The van der Waals surface area contributed by atoms with Crippen LogP contribution in [0.1, 0.15) is 52.8 Å². The molecule has 4 heterocycles. The maximum Gasteiger partial charge on any atom is 0.433 e. The molecule has 1 fully saturated rings. The van der Waals surface area contributed by atoms with Gasteiger partial charge in [-0.25, -0.2) is 14.6 Å². The minimum Gasteiger partial charge on any atom is -0.379 e. The number of para-hydroxylation sites is 1. The van der Waals surface area contributed by atoms with Crippen molar-refractivity contribution in [1.82, 2.24) is 35.3 Å². The Hall–Kier alpha value is -5.41. The fourth-order valence-corrected chi connectivity index (χ4v) is 6.34. The van der Waals surface area contributed by atoms with E-state index >= 15 is 0 Å². The Balaban J connectivity index is 1.33. The summed E-state index contributed by atoms with van der Waals surface area (Å²) in [5, 5.41) is 10.3. The van der Waals surface area contributed by atoms with Crippen molar-refractivity contribution in [3.8, 4) is 5.69 Å². The van der Waals surface area contributed by atoms with Gasteiger partial charge >= 0.3 is 6.18 Å². The molecule has 0 aliphatic carbocycles. The van der Waals surface area contributed by atoms with Crippen LogP contribution in [0.15, 0.2) is 84.7 Å². The summed E-state index contributed by atoms with van der Waals surface area (Å²) in [6.45, 7) is 7.20. The van der Waals surface area contributed by atoms with Crippen LogP contribution in [0, 0.1) is 0 Å². The molecule has 0 radical (unpaired) electrons. The molecule has 12 nitrogen and oxygen atoms in total. The van der Waals surface area contributed by atoms with Gasteiger partial charge < -0.3 is 15.4 Å². The molecule has 2 N–H and O–H groups in total. The molecule has 2 aromatic heterocycles. The number of fused-ring (bicyclic) bond motifs is 1. The van der Waals surface area contributed by atoms with E-state index in [-0.39, 0.29) is 19.0 Å². The lowest BCUT2D eigenvalue weighted by Crippen LogP contribution is -2.55. The van der Waals surface area contributed by atoms with Gasteiger partial charge in [-0.3, -0.25) is 24.2 Å². The zero-order valence-corrected chi connectivity index (χ0v) is 28.1. The first kappa shape index (κ1) is 35.4. The fourth-order valence-electron chi connectivity index (χ4n) is 6.34. The van der Waals surface area contributed by atoms with Crippen LogP contribution >= 0.6 is 0 Å². The summed E-state index contributed by atoms with van der Waals surface area (Å²) in [6, 6.07) is 15.9. The standard InChI is InChI=1S/C36H37F3N8O4/c1-3-24(22-45-15-17-51-18-16-45)32(48)41-20-23-9-8-10-25(19-23)29-27-21-42-47(26-11-6-5-7-12-26)34(27)46(4-2)35(50)30(29)44-33(49)31-40-14-13-28(43-31)36(37,38)39/h3,5-14,19,21,29-30H,4,15-18,20,22H2,1-2H3,(H,41,48)(H,44,49)/b24-3+/t29-,30+/m1/s1. The summed E-state index contributed by atoms with van der Waals surface area (Å²) in [5.41, 5.74) is 2.01. The molecule has 2 atom stereocenters. The fraction of sp³-hybridized carbons (Fsp3) is 0.333. The third kappa shape index (κ3) is 7.68. The van der Waals surface area contributed by atoms with Crippen molar-refractivity contribution in [2.45, 2.75) is 38.5 Å². The molecule has 0 spiro atoms. The Labute approximate surface area is 292 Å². The SMILES string of the molecule is C/C=C(\CN1CCOCC1)C(=O)NCc1cccc([C@@H]2c3cnn(-c4ccccc4)c3N(CC)C(=O)[C@H]2NC(=O)c2nccc(C(F)(F)F)n2)c1. The molecule has 3 amide bonds. The van der Waals surface area contributed by atoms with E-state index < -0.39 is 41.5 Å². The lowest BCUT2D eigenvalue weighted by molar-refractivity contribution is -0.141. The summed E-state index contributed by atoms with van der Waals surface area (Å²) in [4.78, 5) is 51.8. The van der Waals surface area contributed by atoms with Crippen molar-refractivity contribution in [2.75, 3.05) is 44.3 Å². The number of amides is 3. The third-order valence-electron chi connectivity index (χ3n) is 8.88. The summed E-state index contributed by atoms with van der Waals surface area (Å²) in [7, 11) is 0. The number of nitrogens with zero attached hydrogens (tertiary/aromatic N) is 6. The molecule has 2 aromatic carbocycles. The average Bonchev–Trinajstić information content (AvgIpc) is 3.58. The number of hydrogen-bond donors (Lipinski definition) is 2. The zero-order chi connectivity index (χ0) is 36.1. The van der Waals surface area contributed by atoms with Crippen LogP contribution in [0.5, 0.6) is 0 Å². The molecule has 6 rings (SSSR count). The highest BCUT2D eigenvalue weighted by molar-refractivity contribution is 6.04. The number of carbonyl (C=O) groups is 3. The summed E-state index contributed by atoms with van der Waals surface area (Å²) >= 11 is 0. The van der Waals surface area contributed by atoms with Crippen molar-refractivity contribution < 1.29 is 32.3 Å². The molecule has 0 bridgehead atoms. The lowest BCUT2D eigenvalue weighted by atomic mass is 9.82. The quantitative estimate of drug-likeness (QED) is 0.238.